The van der Waals surface area contributed by atoms with Gasteiger partial charge in [0.15, 0.2) is 0 Å². The van der Waals surface area contributed by atoms with E-state index in [2.05, 4.69) is 27.4 Å². The van der Waals surface area contributed by atoms with E-state index < -0.39 is 8.80 Å². The zero-order chi connectivity index (χ0) is 35.9. The number of esters is 1. The van der Waals surface area contributed by atoms with E-state index in [1.165, 1.54) is 179 Å². The Kier molecular flexibility index (Phi) is 38.0. The molecule has 0 aromatic heterocycles. The van der Waals surface area contributed by atoms with Crippen molar-refractivity contribution < 1.29 is 22.8 Å². The minimum atomic E-state index is -2.92. The number of hydrogen-bond acceptors (Lipinski definition) is 5. The van der Waals surface area contributed by atoms with Crippen LogP contribution in [0.2, 0.25) is 6.04 Å². The molecule has 5 nitrogen and oxygen atoms in total. The zero-order valence-corrected chi connectivity index (χ0v) is 34.7. The lowest BCUT2D eigenvalue weighted by atomic mass is 10.1. The smallest absolute Gasteiger partial charge is 0.460 e. The van der Waals surface area contributed by atoms with E-state index in [1.54, 1.807) is 0 Å². The van der Waals surface area contributed by atoms with Crippen molar-refractivity contribution >= 4 is 14.8 Å². The lowest BCUT2D eigenvalue weighted by Crippen LogP contribution is -2.47. The predicted octanol–water partition coefficient (Wildman–Crippen LogP) is 14.2. The zero-order valence-electron chi connectivity index (χ0n) is 33.7. The largest absolute Gasteiger partial charge is 0.501 e. The fourth-order valence-electron chi connectivity index (χ4n) is 6.48. The first-order valence-corrected chi connectivity index (χ1v) is 23.7. The van der Waals surface area contributed by atoms with Gasteiger partial charge in [-0.2, -0.15) is 0 Å². The molecule has 1 atom stereocenters. The summed E-state index contributed by atoms with van der Waals surface area (Å²) >= 11 is 0. The first-order chi connectivity index (χ1) is 24.0. The Bertz CT molecular complexity index is 623. The van der Waals surface area contributed by atoms with E-state index in [1.807, 2.05) is 6.92 Å². The van der Waals surface area contributed by atoms with Gasteiger partial charge >= 0.3 is 14.8 Å². The monoisotopic (exact) mass is 711 g/mol. The summed E-state index contributed by atoms with van der Waals surface area (Å²) in [6.07, 6.45) is 40.8. The van der Waals surface area contributed by atoms with Gasteiger partial charge in [-0.15, -0.1) is 0 Å². The minimum Gasteiger partial charge on any atom is -0.460 e. The van der Waals surface area contributed by atoms with Crippen LogP contribution in [0.15, 0.2) is 12.7 Å². The summed E-state index contributed by atoms with van der Waals surface area (Å²) in [7, 11) is -2.92. The van der Waals surface area contributed by atoms with Crippen molar-refractivity contribution in [1.29, 1.82) is 0 Å². The summed E-state index contributed by atoms with van der Waals surface area (Å²) in [5.74, 6) is -0.372. The van der Waals surface area contributed by atoms with E-state index in [0.29, 0.717) is 32.3 Å². The molecule has 0 saturated carbocycles. The van der Waals surface area contributed by atoms with Crippen LogP contribution in [-0.4, -0.2) is 40.7 Å². The molecule has 0 aliphatic heterocycles. The van der Waals surface area contributed by atoms with Gasteiger partial charge in [0.05, 0.1) is 6.10 Å². The van der Waals surface area contributed by atoms with Gasteiger partial charge in [0.2, 0.25) is 0 Å². The summed E-state index contributed by atoms with van der Waals surface area (Å²) in [5.41, 5.74) is 0. The molecule has 1 unspecified atom stereocenters. The number of unbranched alkanes of at least 4 members (excludes halogenated alkanes) is 27. The van der Waals surface area contributed by atoms with Crippen molar-refractivity contribution in [2.45, 2.75) is 239 Å². The second-order valence-corrected chi connectivity index (χ2v) is 17.5. The number of rotatable bonds is 41. The van der Waals surface area contributed by atoms with Gasteiger partial charge in [-0.1, -0.05) is 201 Å². The summed E-state index contributed by atoms with van der Waals surface area (Å²) in [6, 6.07) is 0.686. The van der Waals surface area contributed by atoms with E-state index in [9.17, 15) is 4.79 Å². The highest BCUT2D eigenvalue weighted by Crippen LogP contribution is 2.24. The summed E-state index contributed by atoms with van der Waals surface area (Å²) in [5, 5.41) is 0. The summed E-state index contributed by atoms with van der Waals surface area (Å²) in [4.78, 5) is 11.9. The molecular formula is C43H86O5Si. The van der Waals surface area contributed by atoms with Crippen LogP contribution in [0, 0.1) is 0 Å². The molecule has 0 fully saturated rings. The van der Waals surface area contributed by atoms with Crippen LogP contribution in [0.5, 0.6) is 0 Å². The van der Waals surface area contributed by atoms with Crippen molar-refractivity contribution in [3.8, 4) is 0 Å². The molecule has 0 aromatic carbocycles. The summed E-state index contributed by atoms with van der Waals surface area (Å²) in [6.45, 7) is 14.4. The van der Waals surface area contributed by atoms with Crippen molar-refractivity contribution in [1.82, 2.24) is 0 Å². The lowest BCUT2D eigenvalue weighted by Gasteiger charge is -2.31. The number of carbonyl (C=O) groups excluding carboxylic acids is 1. The standard InChI is InChI=1S/C43H86O5Si/c1-6-10-13-16-19-22-25-28-31-34-38-45-49(41-37-42(5)48-43(44)9-4,46-39-35-32-29-26-23-20-17-14-11-7-2)47-40-36-33-30-27-24-21-18-15-12-8-3/h9,42H,4,6-8,10-41H2,1-3,5H3. The number of hydrogen-bond donors (Lipinski definition) is 0. The average molecular weight is 711 g/mol. The molecule has 0 N–H and O–H groups in total. The maximum atomic E-state index is 11.9. The van der Waals surface area contributed by atoms with Crippen molar-refractivity contribution in [3.05, 3.63) is 12.7 Å². The lowest BCUT2D eigenvalue weighted by molar-refractivity contribution is -0.142. The SMILES string of the molecule is C=CC(=O)OC(C)CC[Si](OCCCCCCCCCCCC)(OCCCCCCCCCCCC)OCCCCCCCCCCCC. The molecule has 6 heteroatoms. The van der Waals surface area contributed by atoms with E-state index in [-0.39, 0.29) is 12.1 Å². The maximum Gasteiger partial charge on any atom is 0.501 e. The van der Waals surface area contributed by atoms with Crippen LogP contribution in [0.4, 0.5) is 0 Å². The third-order valence-corrected chi connectivity index (χ3v) is 12.6. The molecular weight excluding hydrogens is 625 g/mol. The second-order valence-electron chi connectivity index (χ2n) is 14.8. The third-order valence-electron chi connectivity index (χ3n) is 9.80. The molecule has 0 heterocycles. The normalized spacial score (nSPS) is 12.4. The highest BCUT2D eigenvalue weighted by Gasteiger charge is 2.41. The Labute approximate surface area is 308 Å². The fourth-order valence-corrected chi connectivity index (χ4v) is 9.29. The van der Waals surface area contributed by atoms with Crippen LogP contribution in [0.25, 0.3) is 0 Å². The Morgan fingerprint density at radius 1 is 0.490 bits per heavy atom. The molecule has 0 radical (unpaired) electrons. The van der Waals surface area contributed by atoms with E-state index >= 15 is 0 Å². The third kappa shape index (κ3) is 34.2. The van der Waals surface area contributed by atoms with E-state index in [4.69, 9.17) is 18.0 Å². The Morgan fingerprint density at radius 3 is 1.02 bits per heavy atom. The minimum absolute atomic E-state index is 0.222. The molecule has 0 aliphatic rings. The molecule has 0 bridgehead atoms. The molecule has 0 rings (SSSR count). The van der Waals surface area contributed by atoms with Gasteiger partial charge in [-0.25, -0.2) is 4.79 Å². The first-order valence-electron chi connectivity index (χ1n) is 21.8. The fraction of sp³-hybridized carbons (Fsp3) is 0.930. The Balaban J connectivity index is 4.94. The molecule has 0 aromatic rings. The van der Waals surface area contributed by atoms with Gasteiger partial charge in [0.25, 0.3) is 0 Å². The van der Waals surface area contributed by atoms with Gasteiger partial charge in [-0.05, 0) is 32.6 Å². The Hall–Kier alpha value is -0.693. The number of carbonyl (C=O) groups is 1. The average Bonchev–Trinajstić information content (AvgIpc) is 3.10. The molecule has 0 spiro atoms. The molecule has 0 saturated heterocycles. The highest BCUT2D eigenvalue weighted by atomic mass is 28.4. The van der Waals surface area contributed by atoms with Crippen LogP contribution < -0.4 is 0 Å². The number of ether oxygens (including phenoxy) is 1. The van der Waals surface area contributed by atoms with Crippen LogP contribution in [-0.2, 0) is 22.8 Å². The molecule has 49 heavy (non-hydrogen) atoms. The molecule has 0 aliphatic carbocycles. The Morgan fingerprint density at radius 2 is 0.755 bits per heavy atom. The predicted molar refractivity (Wildman–Crippen MR) is 214 cm³/mol. The van der Waals surface area contributed by atoms with Gasteiger partial charge in [0.1, 0.15) is 0 Å². The van der Waals surface area contributed by atoms with Crippen LogP contribution >= 0.6 is 0 Å². The van der Waals surface area contributed by atoms with Gasteiger partial charge in [0, 0.05) is 31.9 Å². The first kappa shape index (κ1) is 48.3. The highest BCUT2D eigenvalue weighted by molar-refractivity contribution is 6.60. The maximum absolute atomic E-state index is 11.9. The van der Waals surface area contributed by atoms with Crippen molar-refractivity contribution in [2.75, 3.05) is 19.8 Å². The van der Waals surface area contributed by atoms with E-state index in [0.717, 1.165) is 19.3 Å². The van der Waals surface area contributed by atoms with Crippen molar-refractivity contribution in [3.63, 3.8) is 0 Å². The van der Waals surface area contributed by atoms with Crippen molar-refractivity contribution in [2.24, 2.45) is 0 Å². The molecule has 0 amide bonds. The summed E-state index contributed by atoms with van der Waals surface area (Å²) < 4.78 is 25.6. The van der Waals surface area contributed by atoms with Crippen LogP contribution in [0.1, 0.15) is 227 Å². The topological polar surface area (TPSA) is 54.0 Å². The van der Waals surface area contributed by atoms with Crippen LogP contribution in [0.3, 0.4) is 0 Å². The van der Waals surface area contributed by atoms with Gasteiger partial charge < -0.3 is 18.0 Å². The van der Waals surface area contributed by atoms with Gasteiger partial charge in [-0.3, -0.25) is 0 Å². The second kappa shape index (κ2) is 38.5. The molecule has 292 valence electrons. The quantitative estimate of drug-likeness (QED) is 0.0274.